The van der Waals surface area contributed by atoms with Crippen LogP contribution in [0.15, 0.2) is 41.6 Å². The number of rotatable bonds is 5. The van der Waals surface area contributed by atoms with E-state index in [2.05, 4.69) is 27.3 Å². The molecule has 1 unspecified atom stereocenters. The molecule has 1 amide bonds. The lowest BCUT2D eigenvalue weighted by molar-refractivity contribution is -0.120. The number of anilines is 3. The van der Waals surface area contributed by atoms with E-state index in [0.717, 1.165) is 42.0 Å². The van der Waals surface area contributed by atoms with Crippen molar-refractivity contribution in [3.63, 3.8) is 0 Å². The number of nitrogens with zero attached hydrogens (tertiary/aromatic N) is 5. The monoisotopic (exact) mass is 392 g/mol. The van der Waals surface area contributed by atoms with Crippen LogP contribution in [-0.4, -0.2) is 40.7 Å². The number of hydrogen-bond donors (Lipinski definition) is 1. The number of hydrogen-bond acceptors (Lipinski definition) is 6. The van der Waals surface area contributed by atoms with Crippen LogP contribution >= 0.6 is 0 Å². The van der Waals surface area contributed by atoms with Crippen molar-refractivity contribution in [3.8, 4) is 0 Å². The summed E-state index contributed by atoms with van der Waals surface area (Å²) < 4.78 is 0. The molecule has 1 atom stereocenters. The lowest BCUT2D eigenvalue weighted by Gasteiger charge is -2.43. The van der Waals surface area contributed by atoms with E-state index in [-0.39, 0.29) is 11.9 Å². The van der Waals surface area contributed by atoms with Gasteiger partial charge in [0.05, 0.1) is 11.9 Å². The predicted molar refractivity (Wildman–Crippen MR) is 117 cm³/mol. The number of amides is 1. The van der Waals surface area contributed by atoms with Gasteiger partial charge < -0.3 is 9.80 Å². The molecule has 0 spiro atoms. The van der Waals surface area contributed by atoms with Crippen molar-refractivity contribution in [2.45, 2.75) is 58.0 Å². The Labute approximate surface area is 171 Å². The van der Waals surface area contributed by atoms with Crippen molar-refractivity contribution in [3.05, 3.63) is 42.1 Å². The summed E-state index contributed by atoms with van der Waals surface area (Å²) in [5.74, 6) is 1.39. The van der Waals surface area contributed by atoms with Gasteiger partial charge in [0.25, 0.3) is 0 Å². The molecule has 7 nitrogen and oxygen atoms in total. The summed E-state index contributed by atoms with van der Waals surface area (Å²) in [5.41, 5.74) is 5.67. The van der Waals surface area contributed by atoms with E-state index in [9.17, 15) is 4.79 Å². The highest BCUT2D eigenvalue weighted by atomic mass is 16.2. The topological polar surface area (TPSA) is 73.7 Å². The number of carbonyl (C=O) groups is 1. The van der Waals surface area contributed by atoms with Gasteiger partial charge in [0.2, 0.25) is 11.9 Å². The first kappa shape index (κ1) is 19.4. The third-order valence-electron chi connectivity index (χ3n) is 5.93. The van der Waals surface area contributed by atoms with Gasteiger partial charge in [0.15, 0.2) is 5.82 Å². The minimum atomic E-state index is -0.173. The summed E-state index contributed by atoms with van der Waals surface area (Å²) in [6.45, 7) is 4.02. The highest BCUT2D eigenvalue weighted by molar-refractivity contribution is 6.04. The number of benzene rings is 1. The smallest absolute Gasteiger partial charge is 0.249 e. The lowest BCUT2D eigenvalue weighted by Crippen LogP contribution is -2.55. The van der Waals surface area contributed by atoms with E-state index in [1.165, 1.54) is 12.8 Å². The molecule has 1 saturated carbocycles. The summed E-state index contributed by atoms with van der Waals surface area (Å²) in [7, 11) is 1.81. The van der Waals surface area contributed by atoms with Crippen LogP contribution in [0.4, 0.5) is 17.5 Å². The lowest BCUT2D eigenvalue weighted by atomic mass is 10.0. The van der Waals surface area contributed by atoms with Crippen LogP contribution in [0.25, 0.3) is 0 Å². The largest absolute Gasteiger partial charge is 0.340 e. The van der Waals surface area contributed by atoms with Crippen LogP contribution in [0.3, 0.4) is 0 Å². The van der Waals surface area contributed by atoms with Crippen molar-refractivity contribution < 1.29 is 4.79 Å². The van der Waals surface area contributed by atoms with Gasteiger partial charge in [-0.2, -0.15) is 10.1 Å². The van der Waals surface area contributed by atoms with Crippen LogP contribution in [0.5, 0.6) is 0 Å². The molecule has 1 aliphatic heterocycles. The first-order chi connectivity index (χ1) is 14.1. The van der Waals surface area contributed by atoms with Gasteiger partial charge >= 0.3 is 0 Å². The summed E-state index contributed by atoms with van der Waals surface area (Å²) in [5, 5.41) is 4.45. The normalized spacial score (nSPS) is 20.2. The van der Waals surface area contributed by atoms with E-state index < -0.39 is 0 Å². The standard InChI is InChI=1S/C22H28N6O/c1-4-18-21(29)27(3)19-14-23-22(24-20(19)28(18)17-12-8-9-13-17)26-25-15(2)16-10-6-5-7-11-16/h5-7,10-11,14,17-18H,4,8-9,12-13H2,1-3H3,(H,23,24,26). The Balaban J connectivity index is 1.66. The van der Waals surface area contributed by atoms with Crippen molar-refractivity contribution in [1.29, 1.82) is 0 Å². The van der Waals surface area contributed by atoms with Crippen molar-refractivity contribution >= 4 is 29.1 Å². The molecule has 152 valence electrons. The maximum atomic E-state index is 12.9. The molecule has 2 heterocycles. The molecule has 4 rings (SSSR count). The fourth-order valence-electron chi connectivity index (χ4n) is 4.31. The molecule has 2 aromatic rings. The molecule has 0 bridgehead atoms. The third kappa shape index (κ3) is 3.69. The van der Waals surface area contributed by atoms with Gasteiger partial charge in [-0.3, -0.25) is 4.79 Å². The van der Waals surface area contributed by atoms with Crippen molar-refractivity contribution in [1.82, 2.24) is 9.97 Å². The maximum Gasteiger partial charge on any atom is 0.249 e. The van der Waals surface area contributed by atoms with E-state index in [0.29, 0.717) is 12.0 Å². The maximum absolute atomic E-state index is 12.9. The SMILES string of the molecule is CCC1C(=O)N(C)c2cnc(NN=C(C)c3ccccc3)nc2N1C1CCCC1. The van der Waals surface area contributed by atoms with Crippen LogP contribution in [0.1, 0.15) is 51.5 Å². The Morgan fingerprint density at radius 2 is 1.97 bits per heavy atom. The average molecular weight is 393 g/mol. The zero-order chi connectivity index (χ0) is 20.4. The van der Waals surface area contributed by atoms with Crippen LogP contribution in [0.2, 0.25) is 0 Å². The van der Waals surface area contributed by atoms with Gasteiger partial charge in [0, 0.05) is 13.1 Å². The fraction of sp³-hybridized carbons (Fsp3) is 0.455. The van der Waals surface area contributed by atoms with Gasteiger partial charge in [-0.25, -0.2) is 10.4 Å². The molecule has 1 N–H and O–H groups in total. The van der Waals surface area contributed by atoms with E-state index in [4.69, 9.17) is 4.98 Å². The third-order valence-corrected chi connectivity index (χ3v) is 5.93. The molecule has 2 aliphatic rings. The number of carbonyl (C=O) groups excluding carboxylic acids is 1. The van der Waals surface area contributed by atoms with Crippen molar-refractivity contribution in [2.24, 2.45) is 5.10 Å². The minimum Gasteiger partial charge on any atom is -0.340 e. The first-order valence-corrected chi connectivity index (χ1v) is 10.4. The number of nitrogens with one attached hydrogen (secondary N) is 1. The quantitative estimate of drug-likeness (QED) is 0.619. The summed E-state index contributed by atoms with van der Waals surface area (Å²) in [6, 6.07) is 10.2. The highest BCUT2D eigenvalue weighted by Gasteiger charge is 2.41. The second-order valence-corrected chi connectivity index (χ2v) is 7.74. The minimum absolute atomic E-state index is 0.120. The molecule has 7 heteroatoms. The Morgan fingerprint density at radius 3 is 2.66 bits per heavy atom. The molecule has 29 heavy (non-hydrogen) atoms. The first-order valence-electron chi connectivity index (χ1n) is 10.4. The van der Waals surface area contributed by atoms with Crippen LogP contribution < -0.4 is 15.2 Å². The zero-order valence-corrected chi connectivity index (χ0v) is 17.3. The molecule has 1 fully saturated rings. The molecule has 1 aromatic carbocycles. The Hall–Kier alpha value is -2.96. The van der Waals surface area contributed by atoms with E-state index >= 15 is 0 Å². The van der Waals surface area contributed by atoms with E-state index in [1.54, 1.807) is 11.1 Å². The van der Waals surface area contributed by atoms with Gasteiger partial charge in [-0.05, 0) is 31.7 Å². The fourth-order valence-corrected chi connectivity index (χ4v) is 4.31. The average Bonchev–Trinajstić information content (AvgIpc) is 3.29. The Morgan fingerprint density at radius 1 is 1.24 bits per heavy atom. The second kappa shape index (κ2) is 8.19. The Kier molecular flexibility index (Phi) is 5.47. The second-order valence-electron chi connectivity index (χ2n) is 7.74. The predicted octanol–water partition coefficient (Wildman–Crippen LogP) is 3.82. The molecular formula is C22H28N6O. The number of fused-ring (bicyclic) bond motifs is 1. The molecule has 0 saturated heterocycles. The summed E-state index contributed by atoms with van der Waals surface area (Å²) in [4.78, 5) is 26.1. The number of aromatic nitrogens is 2. The Bertz CT molecular complexity index is 907. The van der Waals surface area contributed by atoms with Crippen LogP contribution in [-0.2, 0) is 4.79 Å². The van der Waals surface area contributed by atoms with Crippen molar-refractivity contribution in [2.75, 3.05) is 22.3 Å². The molecule has 1 aliphatic carbocycles. The number of hydrazone groups is 1. The van der Waals surface area contributed by atoms with Gasteiger partial charge in [0.1, 0.15) is 11.7 Å². The summed E-state index contributed by atoms with van der Waals surface area (Å²) in [6.07, 6.45) is 7.10. The van der Waals surface area contributed by atoms with Gasteiger partial charge in [-0.15, -0.1) is 0 Å². The number of likely N-dealkylation sites (N-methyl/N-ethyl adjacent to an activating group) is 1. The zero-order valence-electron chi connectivity index (χ0n) is 17.3. The van der Waals surface area contributed by atoms with Crippen LogP contribution in [0, 0.1) is 0 Å². The highest BCUT2D eigenvalue weighted by Crippen LogP contribution is 2.39. The summed E-state index contributed by atoms with van der Waals surface area (Å²) >= 11 is 0. The van der Waals surface area contributed by atoms with E-state index in [1.807, 2.05) is 44.3 Å². The molecule has 1 aromatic heterocycles. The molecule has 0 radical (unpaired) electrons. The van der Waals surface area contributed by atoms with Gasteiger partial charge in [-0.1, -0.05) is 50.1 Å². The molecular weight excluding hydrogens is 364 g/mol.